The number of fused-ring (bicyclic) bond motifs is 1. The summed E-state index contributed by atoms with van der Waals surface area (Å²) in [5, 5.41) is 11.9. The Morgan fingerprint density at radius 3 is 3.23 bits per heavy atom. The second-order valence-electron chi connectivity index (χ2n) is 3.50. The Labute approximate surface area is 75.2 Å². The van der Waals surface area contributed by atoms with Crippen LogP contribution >= 0.6 is 0 Å². The minimum atomic E-state index is -0.873. The van der Waals surface area contributed by atoms with Gasteiger partial charge in [0.1, 0.15) is 5.54 Å². The lowest BCUT2D eigenvalue weighted by Gasteiger charge is -2.29. The standard InChI is InChI=1S/C8H11N3O2/c1-8(7(12)13)2-5-6(3-11-8)10-4-9-5/h4,11H,2-3H2,1H3,(H,9,10)(H,12,13)/t8-/m0/s1. The third-order valence-electron chi connectivity index (χ3n) is 2.46. The van der Waals surface area contributed by atoms with Crippen molar-refractivity contribution in [3.63, 3.8) is 0 Å². The Bertz CT molecular complexity index is 347. The van der Waals surface area contributed by atoms with Gasteiger partial charge in [-0.05, 0) is 6.92 Å². The minimum absolute atomic E-state index is 0.432. The van der Waals surface area contributed by atoms with Gasteiger partial charge in [0.15, 0.2) is 0 Å². The number of nitrogens with zero attached hydrogens (tertiary/aromatic N) is 1. The van der Waals surface area contributed by atoms with Gasteiger partial charge < -0.3 is 10.1 Å². The lowest BCUT2D eigenvalue weighted by Crippen LogP contribution is -2.53. The first-order valence-corrected chi connectivity index (χ1v) is 4.11. The van der Waals surface area contributed by atoms with Crippen molar-refractivity contribution in [3.8, 4) is 0 Å². The van der Waals surface area contributed by atoms with Crippen LogP contribution in [0, 0.1) is 0 Å². The fourth-order valence-electron chi connectivity index (χ4n) is 1.49. The molecule has 0 amide bonds. The molecule has 0 aromatic carbocycles. The van der Waals surface area contributed by atoms with E-state index in [4.69, 9.17) is 5.11 Å². The smallest absolute Gasteiger partial charge is 0.324 e. The predicted octanol–water partition coefficient (Wildman–Crippen LogP) is -0.101. The van der Waals surface area contributed by atoms with Gasteiger partial charge in [0.05, 0.1) is 17.7 Å². The molecule has 1 aliphatic heterocycles. The van der Waals surface area contributed by atoms with Crippen molar-refractivity contribution in [1.82, 2.24) is 15.3 Å². The molecule has 0 saturated carbocycles. The molecular weight excluding hydrogens is 170 g/mol. The highest BCUT2D eigenvalue weighted by atomic mass is 16.4. The lowest BCUT2D eigenvalue weighted by molar-refractivity contribution is -0.144. The van der Waals surface area contributed by atoms with Gasteiger partial charge in [-0.2, -0.15) is 0 Å². The summed E-state index contributed by atoms with van der Waals surface area (Å²) < 4.78 is 0. The Balaban J connectivity index is 2.30. The molecule has 0 radical (unpaired) electrons. The summed E-state index contributed by atoms with van der Waals surface area (Å²) in [6.07, 6.45) is 2.03. The topological polar surface area (TPSA) is 78.0 Å². The van der Waals surface area contributed by atoms with Gasteiger partial charge in [0.2, 0.25) is 0 Å². The van der Waals surface area contributed by atoms with E-state index in [9.17, 15) is 4.79 Å². The number of aliphatic carboxylic acids is 1. The van der Waals surface area contributed by atoms with Crippen LogP contribution in [0.2, 0.25) is 0 Å². The summed E-state index contributed by atoms with van der Waals surface area (Å²) in [6, 6.07) is 0. The molecule has 0 bridgehead atoms. The normalized spacial score (nSPS) is 26.8. The molecule has 3 N–H and O–H groups in total. The Morgan fingerprint density at radius 2 is 2.54 bits per heavy atom. The number of rotatable bonds is 1. The molecule has 0 spiro atoms. The van der Waals surface area contributed by atoms with Gasteiger partial charge in [-0.3, -0.25) is 10.1 Å². The monoisotopic (exact) mass is 181 g/mol. The highest BCUT2D eigenvalue weighted by molar-refractivity contribution is 5.79. The fraction of sp³-hybridized carbons (Fsp3) is 0.500. The van der Waals surface area contributed by atoms with Crippen molar-refractivity contribution < 1.29 is 9.90 Å². The molecule has 1 atom stereocenters. The number of carboxylic acid groups (broad SMARTS) is 1. The summed E-state index contributed by atoms with van der Waals surface area (Å²) in [4.78, 5) is 18.0. The first kappa shape index (κ1) is 8.25. The second kappa shape index (κ2) is 2.56. The highest BCUT2D eigenvalue weighted by Crippen LogP contribution is 2.20. The molecule has 1 aromatic heterocycles. The summed E-state index contributed by atoms with van der Waals surface area (Å²) in [6.45, 7) is 2.21. The number of carboxylic acids is 1. The molecule has 0 saturated heterocycles. The largest absolute Gasteiger partial charge is 0.480 e. The minimum Gasteiger partial charge on any atom is -0.480 e. The van der Waals surface area contributed by atoms with Crippen molar-refractivity contribution in [1.29, 1.82) is 0 Å². The number of aromatic amines is 1. The molecule has 13 heavy (non-hydrogen) atoms. The number of nitrogens with one attached hydrogen (secondary N) is 2. The third-order valence-corrected chi connectivity index (χ3v) is 2.46. The van der Waals surface area contributed by atoms with Gasteiger partial charge in [0.25, 0.3) is 0 Å². The van der Waals surface area contributed by atoms with Gasteiger partial charge in [-0.25, -0.2) is 4.98 Å². The number of H-pyrrole nitrogens is 1. The molecular formula is C8H11N3O2. The van der Waals surface area contributed by atoms with Crippen molar-refractivity contribution in [2.24, 2.45) is 0 Å². The first-order valence-electron chi connectivity index (χ1n) is 4.11. The van der Waals surface area contributed by atoms with Crippen LogP contribution in [-0.2, 0) is 17.8 Å². The van der Waals surface area contributed by atoms with E-state index in [-0.39, 0.29) is 0 Å². The molecule has 0 aliphatic carbocycles. The second-order valence-corrected chi connectivity index (χ2v) is 3.50. The number of carbonyl (C=O) groups is 1. The number of hydrogen-bond donors (Lipinski definition) is 3. The molecule has 70 valence electrons. The van der Waals surface area contributed by atoms with Crippen LogP contribution in [0.3, 0.4) is 0 Å². The first-order chi connectivity index (χ1) is 6.12. The van der Waals surface area contributed by atoms with Crippen LogP contribution in [0.1, 0.15) is 18.3 Å². The average molecular weight is 181 g/mol. The zero-order valence-corrected chi connectivity index (χ0v) is 7.29. The van der Waals surface area contributed by atoms with Crippen LogP contribution < -0.4 is 5.32 Å². The summed E-state index contributed by atoms with van der Waals surface area (Å²) in [5.41, 5.74) is 0.963. The van der Waals surface area contributed by atoms with Crippen LogP contribution in [0.25, 0.3) is 0 Å². The Kier molecular flexibility index (Phi) is 1.63. The van der Waals surface area contributed by atoms with E-state index in [0.29, 0.717) is 13.0 Å². The van der Waals surface area contributed by atoms with Crippen molar-refractivity contribution >= 4 is 5.97 Å². The maximum atomic E-state index is 10.9. The van der Waals surface area contributed by atoms with Crippen LogP contribution in [0.4, 0.5) is 0 Å². The Hall–Kier alpha value is -1.36. The van der Waals surface area contributed by atoms with E-state index < -0.39 is 11.5 Å². The zero-order chi connectivity index (χ0) is 9.47. The molecule has 1 aliphatic rings. The summed E-state index contributed by atoms with van der Waals surface area (Å²) >= 11 is 0. The van der Waals surface area contributed by atoms with Crippen molar-refractivity contribution in [2.75, 3.05) is 0 Å². The molecule has 2 heterocycles. The molecule has 2 rings (SSSR count). The maximum Gasteiger partial charge on any atom is 0.324 e. The summed E-state index contributed by atoms with van der Waals surface area (Å²) in [7, 11) is 0. The summed E-state index contributed by atoms with van der Waals surface area (Å²) in [5.74, 6) is -0.832. The number of aromatic nitrogens is 2. The van der Waals surface area contributed by atoms with Crippen molar-refractivity contribution in [3.05, 3.63) is 17.7 Å². The Morgan fingerprint density at radius 1 is 1.77 bits per heavy atom. The quantitative estimate of drug-likeness (QED) is 0.565. The molecule has 0 unspecified atom stereocenters. The van der Waals surface area contributed by atoms with E-state index in [0.717, 1.165) is 11.4 Å². The van der Waals surface area contributed by atoms with Crippen LogP contribution in [0.5, 0.6) is 0 Å². The van der Waals surface area contributed by atoms with E-state index in [1.165, 1.54) is 0 Å². The van der Waals surface area contributed by atoms with Gasteiger partial charge in [-0.15, -0.1) is 0 Å². The van der Waals surface area contributed by atoms with E-state index in [1.54, 1.807) is 13.3 Å². The third kappa shape index (κ3) is 1.21. The lowest BCUT2D eigenvalue weighted by atomic mass is 9.92. The van der Waals surface area contributed by atoms with Crippen LogP contribution in [0.15, 0.2) is 6.33 Å². The van der Waals surface area contributed by atoms with Crippen molar-refractivity contribution in [2.45, 2.75) is 25.4 Å². The molecule has 1 aromatic rings. The van der Waals surface area contributed by atoms with Crippen LogP contribution in [-0.4, -0.2) is 26.6 Å². The fourth-order valence-corrected chi connectivity index (χ4v) is 1.49. The number of imidazole rings is 1. The van der Waals surface area contributed by atoms with E-state index in [1.807, 2.05) is 0 Å². The number of hydrogen-bond acceptors (Lipinski definition) is 3. The average Bonchev–Trinajstić information content (AvgIpc) is 2.50. The zero-order valence-electron chi connectivity index (χ0n) is 7.29. The predicted molar refractivity (Wildman–Crippen MR) is 45.2 cm³/mol. The van der Waals surface area contributed by atoms with E-state index >= 15 is 0 Å². The van der Waals surface area contributed by atoms with Gasteiger partial charge in [-0.1, -0.05) is 0 Å². The molecule has 5 heteroatoms. The van der Waals surface area contributed by atoms with E-state index in [2.05, 4.69) is 15.3 Å². The van der Waals surface area contributed by atoms with Gasteiger partial charge in [0, 0.05) is 13.0 Å². The molecule has 5 nitrogen and oxygen atoms in total. The molecule has 0 fully saturated rings. The van der Waals surface area contributed by atoms with Gasteiger partial charge >= 0.3 is 5.97 Å². The highest BCUT2D eigenvalue weighted by Gasteiger charge is 2.37. The SMILES string of the molecule is C[C@@]1(C(=O)O)Cc2nc[nH]c2CN1. The maximum absolute atomic E-state index is 10.9.